The van der Waals surface area contributed by atoms with Crippen LogP contribution in [-0.4, -0.2) is 23.2 Å². The predicted octanol–water partition coefficient (Wildman–Crippen LogP) is 4.15. The molecular formula is C25H27N2O3S+. The summed E-state index contributed by atoms with van der Waals surface area (Å²) in [6.07, 6.45) is 4.55. The first-order valence-electron chi connectivity index (χ1n) is 11.0. The number of thiazole rings is 1. The number of nitrogens with one attached hydrogen (secondary N) is 1. The molecule has 160 valence electrons. The lowest BCUT2D eigenvalue weighted by atomic mass is 9.97. The van der Waals surface area contributed by atoms with E-state index in [-0.39, 0.29) is 11.2 Å². The summed E-state index contributed by atoms with van der Waals surface area (Å²) in [7, 11) is 0. The Labute approximate surface area is 185 Å². The molecule has 0 atom stereocenters. The van der Waals surface area contributed by atoms with Crippen LogP contribution in [0.15, 0.2) is 45.8 Å². The highest BCUT2D eigenvalue weighted by Gasteiger charge is 2.25. The van der Waals surface area contributed by atoms with Gasteiger partial charge in [-0.1, -0.05) is 26.0 Å². The van der Waals surface area contributed by atoms with Gasteiger partial charge in [0.15, 0.2) is 0 Å². The molecular weight excluding hydrogens is 408 g/mol. The van der Waals surface area contributed by atoms with Gasteiger partial charge in [0.05, 0.1) is 39.8 Å². The molecule has 4 aromatic rings. The maximum absolute atomic E-state index is 13.5. The van der Waals surface area contributed by atoms with E-state index in [1.165, 1.54) is 35.3 Å². The normalized spacial score (nSPS) is 19.3. The monoisotopic (exact) mass is 435 g/mol. The largest absolute Gasteiger partial charge is 0.507 e. The number of hydrogen-bond acceptors (Lipinski definition) is 5. The average Bonchev–Trinajstić information content (AvgIpc) is 3.21. The van der Waals surface area contributed by atoms with Gasteiger partial charge in [-0.3, -0.25) is 4.79 Å². The summed E-state index contributed by atoms with van der Waals surface area (Å²) in [4.78, 5) is 19.6. The zero-order chi connectivity index (χ0) is 21.5. The summed E-state index contributed by atoms with van der Waals surface area (Å²) in [5, 5.41) is 12.2. The summed E-state index contributed by atoms with van der Waals surface area (Å²) < 4.78 is 7.08. The number of aryl methyl sites for hydroxylation is 1. The fourth-order valence-corrected chi connectivity index (χ4v) is 5.53. The van der Waals surface area contributed by atoms with Crippen LogP contribution >= 0.6 is 11.3 Å². The number of fused-ring (bicyclic) bond motifs is 2. The van der Waals surface area contributed by atoms with Gasteiger partial charge in [0.1, 0.15) is 29.1 Å². The van der Waals surface area contributed by atoms with Crippen molar-refractivity contribution >= 4 is 32.5 Å². The molecule has 0 saturated carbocycles. The second-order valence-corrected chi connectivity index (χ2v) is 9.70. The first-order valence-corrected chi connectivity index (χ1v) is 11.9. The number of piperidine rings is 1. The van der Waals surface area contributed by atoms with Crippen LogP contribution in [0.1, 0.15) is 37.8 Å². The molecule has 1 aliphatic heterocycles. The van der Waals surface area contributed by atoms with Crippen LogP contribution in [0.3, 0.4) is 0 Å². The lowest BCUT2D eigenvalue weighted by Gasteiger charge is -2.27. The van der Waals surface area contributed by atoms with E-state index >= 15 is 0 Å². The Morgan fingerprint density at radius 2 is 2.03 bits per heavy atom. The number of aromatic nitrogens is 1. The van der Waals surface area contributed by atoms with E-state index in [2.05, 4.69) is 11.9 Å². The van der Waals surface area contributed by atoms with Crippen LogP contribution in [0.4, 0.5) is 0 Å². The highest BCUT2D eigenvalue weighted by Crippen LogP contribution is 2.33. The highest BCUT2D eigenvalue weighted by atomic mass is 32.1. The maximum atomic E-state index is 13.5. The van der Waals surface area contributed by atoms with Crippen LogP contribution in [0.5, 0.6) is 5.75 Å². The molecule has 0 unspecified atom stereocenters. The molecule has 5 nitrogen and oxygen atoms in total. The number of benzene rings is 2. The maximum Gasteiger partial charge on any atom is 0.202 e. The first kappa shape index (κ1) is 20.2. The lowest BCUT2D eigenvalue weighted by molar-refractivity contribution is -0.919. The number of likely N-dealkylation sites (tertiary alicyclic amines) is 1. The van der Waals surface area contributed by atoms with Crippen LogP contribution in [0.25, 0.3) is 31.8 Å². The Hall–Kier alpha value is -2.70. The summed E-state index contributed by atoms with van der Waals surface area (Å²) in [5.41, 5.74) is 3.33. The van der Waals surface area contributed by atoms with Crippen molar-refractivity contribution in [3.63, 3.8) is 0 Å². The molecule has 0 spiro atoms. The Bertz CT molecular complexity index is 1280. The van der Waals surface area contributed by atoms with Gasteiger partial charge >= 0.3 is 0 Å². The summed E-state index contributed by atoms with van der Waals surface area (Å²) in [5.74, 6) is 1.03. The van der Waals surface area contributed by atoms with E-state index in [4.69, 9.17) is 4.42 Å². The van der Waals surface area contributed by atoms with E-state index in [1.807, 2.05) is 31.2 Å². The molecule has 2 aromatic heterocycles. The number of para-hydroxylation sites is 1. The molecule has 0 aliphatic carbocycles. The first-order chi connectivity index (χ1) is 15.0. The smallest absolute Gasteiger partial charge is 0.202 e. The minimum absolute atomic E-state index is 0.0847. The lowest BCUT2D eigenvalue weighted by Crippen LogP contribution is -3.11. The third-order valence-electron chi connectivity index (χ3n) is 6.52. The van der Waals surface area contributed by atoms with Crippen LogP contribution in [0, 0.1) is 5.92 Å². The molecule has 0 bridgehead atoms. The van der Waals surface area contributed by atoms with Crippen molar-refractivity contribution in [1.29, 1.82) is 0 Å². The van der Waals surface area contributed by atoms with Gasteiger partial charge in [-0.05, 0) is 48.9 Å². The molecule has 31 heavy (non-hydrogen) atoms. The average molecular weight is 436 g/mol. The van der Waals surface area contributed by atoms with Crippen molar-refractivity contribution in [2.24, 2.45) is 5.92 Å². The second kappa shape index (κ2) is 8.09. The number of quaternary nitrogens is 1. The van der Waals surface area contributed by atoms with Crippen LogP contribution < -0.4 is 10.3 Å². The molecule has 1 saturated heterocycles. The number of phenols is 1. The van der Waals surface area contributed by atoms with E-state index in [1.54, 1.807) is 6.07 Å². The predicted molar refractivity (Wildman–Crippen MR) is 125 cm³/mol. The number of aromatic hydroxyl groups is 1. The fourth-order valence-electron chi connectivity index (χ4n) is 4.56. The Morgan fingerprint density at radius 1 is 1.26 bits per heavy atom. The quantitative estimate of drug-likeness (QED) is 0.505. The van der Waals surface area contributed by atoms with E-state index in [0.29, 0.717) is 34.5 Å². The summed E-state index contributed by atoms with van der Waals surface area (Å²) >= 11 is 1.49. The fraction of sp³-hybridized carbons (Fsp3) is 0.360. The second-order valence-electron chi connectivity index (χ2n) is 8.67. The highest BCUT2D eigenvalue weighted by molar-refractivity contribution is 7.21. The molecule has 2 N–H and O–H groups in total. The molecule has 1 fully saturated rings. The van der Waals surface area contributed by atoms with Gasteiger partial charge < -0.3 is 14.4 Å². The Kier molecular flexibility index (Phi) is 5.28. The number of rotatable bonds is 4. The topological polar surface area (TPSA) is 67.8 Å². The van der Waals surface area contributed by atoms with Crippen LogP contribution in [0.2, 0.25) is 0 Å². The molecule has 5 rings (SSSR count). The van der Waals surface area contributed by atoms with Gasteiger partial charge in [0.25, 0.3) is 0 Å². The van der Waals surface area contributed by atoms with Crippen LogP contribution in [-0.2, 0) is 13.0 Å². The SMILES string of the molecule is CCc1cc2c(=O)c(-c3nc4ccccc4s3)coc2c(C[NH+]2CCC(C)CC2)c1O. The summed E-state index contributed by atoms with van der Waals surface area (Å²) in [6.45, 7) is 7.12. The minimum Gasteiger partial charge on any atom is -0.507 e. The van der Waals surface area contributed by atoms with E-state index in [0.717, 1.165) is 40.4 Å². The van der Waals surface area contributed by atoms with E-state index < -0.39 is 0 Å². The molecule has 0 radical (unpaired) electrons. The molecule has 1 aliphatic rings. The Balaban J connectivity index is 1.63. The number of nitrogens with zero attached hydrogens (tertiary/aromatic N) is 1. The third-order valence-corrected chi connectivity index (χ3v) is 7.59. The van der Waals surface area contributed by atoms with Gasteiger partial charge in [-0.15, -0.1) is 11.3 Å². The van der Waals surface area contributed by atoms with Crippen molar-refractivity contribution in [2.75, 3.05) is 13.1 Å². The zero-order valence-electron chi connectivity index (χ0n) is 17.9. The van der Waals surface area contributed by atoms with Crippen molar-refractivity contribution in [3.8, 4) is 16.3 Å². The third kappa shape index (κ3) is 3.64. The molecule has 6 heteroatoms. The van der Waals surface area contributed by atoms with Gasteiger partial charge in [-0.25, -0.2) is 4.98 Å². The molecule has 3 heterocycles. The number of phenolic OH excluding ortho intramolecular Hbond substituents is 1. The minimum atomic E-state index is -0.0847. The summed E-state index contributed by atoms with van der Waals surface area (Å²) in [6, 6.07) is 9.67. The Morgan fingerprint density at radius 3 is 2.77 bits per heavy atom. The van der Waals surface area contributed by atoms with Gasteiger partial charge in [0, 0.05) is 0 Å². The van der Waals surface area contributed by atoms with Crippen molar-refractivity contribution in [3.05, 3.63) is 57.9 Å². The molecule has 2 aromatic carbocycles. The molecule has 0 amide bonds. The van der Waals surface area contributed by atoms with Gasteiger partial charge in [0.2, 0.25) is 5.43 Å². The van der Waals surface area contributed by atoms with Gasteiger partial charge in [-0.2, -0.15) is 0 Å². The van der Waals surface area contributed by atoms with Crippen molar-refractivity contribution < 1.29 is 14.4 Å². The van der Waals surface area contributed by atoms with Crippen molar-refractivity contribution in [2.45, 2.75) is 39.7 Å². The zero-order valence-corrected chi connectivity index (χ0v) is 18.7. The number of hydrogen-bond donors (Lipinski definition) is 2. The van der Waals surface area contributed by atoms with Crippen molar-refractivity contribution in [1.82, 2.24) is 4.98 Å². The van der Waals surface area contributed by atoms with E-state index in [9.17, 15) is 9.90 Å². The standard InChI is InChI=1S/C25H26N2O3S/c1-3-16-12-17-23(29)19(25-26-20-6-4-5-7-21(20)31-25)14-30-24(17)18(22(16)28)13-27-10-8-15(2)9-11-27/h4-7,12,14-15,28H,3,8-11,13H2,1-2H3/p+1.